The van der Waals surface area contributed by atoms with Crippen molar-refractivity contribution in [3.63, 3.8) is 0 Å². The van der Waals surface area contributed by atoms with Crippen molar-refractivity contribution in [3.05, 3.63) is 12.7 Å². The van der Waals surface area contributed by atoms with E-state index in [0.29, 0.717) is 17.1 Å². The maximum atomic E-state index is 10.7. The Bertz CT molecular complexity index is 158. The molecule has 0 aliphatic heterocycles. The molecular formula is C8H16O3Si. The van der Waals surface area contributed by atoms with Crippen LogP contribution in [0.25, 0.3) is 0 Å². The van der Waals surface area contributed by atoms with Crippen LogP contribution in [0.3, 0.4) is 0 Å². The number of carbonyl (C=O) groups excluding carboxylic acids is 1. The van der Waals surface area contributed by atoms with E-state index in [1.165, 1.54) is 6.08 Å². The smallest absolute Gasteiger partial charge is 0.330 e. The van der Waals surface area contributed by atoms with Crippen molar-refractivity contribution in [2.45, 2.75) is 20.0 Å². The standard InChI is InChI=1S/C8H16O3Si/c1-4-8(9)10-5-6(2)7(3)11-12/h4,6-7H,1,5H2,2-3,12H3. The largest absolute Gasteiger partial charge is 0.462 e. The maximum Gasteiger partial charge on any atom is 0.330 e. The molecule has 0 rings (SSSR count). The molecule has 2 atom stereocenters. The molecule has 0 bridgehead atoms. The van der Waals surface area contributed by atoms with Gasteiger partial charge in [-0.05, 0) is 6.92 Å². The third-order valence-electron chi connectivity index (χ3n) is 1.83. The number of ether oxygens (including phenoxy) is 1. The van der Waals surface area contributed by atoms with Gasteiger partial charge in [0.2, 0.25) is 0 Å². The SMILES string of the molecule is C=CC(=O)OCC(C)C(C)O[SiH3]. The Morgan fingerprint density at radius 1 is 1.67 bits per heavy atom. The van der Waals surface area contributed by atoms with E-state index in [-0.39, 0.29) is 18.0 Å². The van der Waals surface area contributed by atoms with E-state index < -0.39 is 0 Å². The van der Waals surface area contributed by atoms with Crippen molar-refractivity contribution >= 4 is 16.5 Å². The molecule has 0 aliphatic carbocycles. The van der Waals surface area contributed by atoms with Crippen molar-refractivity contribution in [1.29, 1.82) is 0 Å². The topological polar surface area (TPSA) is 35.5 Å². The van der Waals surface area contributed by atoms with E-state index in [9.17, 15) is 4.79 Å². The molecule has 70 valence electrons. The van der Waals surface area contributed by atoms with E-state index in [4.69, 9.17) is 9.16 Å². The summed E-state index contributed by atoms with van der Waals surface area (Å²) in [7, 11) is 0.714. The molecule has 4 heteroatoms. The van der Waals surface area contributed by atoms with Gasteiger partial charge in [0.15, 0.2) is 0 Å². The molecule has 0 N–H and O–H groups in total. The molecule has 2 unspecified atom stereocenters. The Kier molecular flexibility index (Phi) is 5.66. The van der Waals surface area contributed by atoms with Gasteiger partial charge in [-0.2, -0.15) is 0 Å². The van der Waals surface area contributed by atoms with Gasteiger partial charge < -0.3 is 9.16 Å². The first-order valence-corrected chi connectivity index (χ1v) is 4.75. The second-order valence-corrected chi connectivity index (χ2v) is 3.22. The van der Waals surface area contributed by atoms with Gasteiger partial charge in [-0.25, -0.2) is 4.79 Å². The van der Waals surface area contributed by atoms with Crippen LogP contribution < -0.4 is 0 Å². The molecule has 0 aromatic carbocycles. The van der Waals surface area contributed by atoms with Gasteiger partial charge in [0.1, 0.15) is 10.5 Å². The van der Waals surface area contributed by atoms with Crippen molar-refractivity contribution < 1.29 is 14.0 Å². The molecule has 0 aliphatic rings. The van der Waals surface area contributed by atoms with Crippen LogP contribution in [-0.2, 0) is 14.0 Å². The quantitative estimate of drug-likeness (QED) is 0.347. The zero-order valence-corrected chi connectivity index (χ0v) is 9.87. The van der Waals surface area contributed by atoms with Gasteiger partial charge in [-0.3, -0.25) is 0 Å². The molecule has 0 saturated carbocycles. The van der Waals surface area contributed by atoms with Crippen LogP contribution in [-0.4, -0.2) is 29.2 Å². The Hall–Kier alpha value is -0.613. The molecule has 0 radical (unpaired) electrons. The molecule has 0 amide bonds. The lowest BCUT2D eigenvalue weighted by molar-refractivity contribution is -0.139. The van der Waals surface area contributed by atoms with Gasteiger partial charge in [0.25, 0.3) is 0 Å². The normalized spacial score (nSPS) is 15.2. The summed E-state index contributed by atoms with van der Waals surface area (Å²) < 4.78 is 10.1. The Morgan fingerprint density at radius 2 is 2.25 bits per heavy atom. The van der Waals surface area contributed by atoms with Crippen LogP contribution in [0.15, 0.2) is 12.7 Å². The van der Waals surface area contributed by atoms with Crippen molar-refractivity contribution in [2.24, 2.45) is 5.92 Å². The second-order valence-electron chi connectivity index (χ2n) is 2.75. The minimum Gasteiger partial charge on any atom is -0.462 e. The minimum absolute atomic E-state index is 0.161. The summed E-state index contributed by atoms with van der Waals surface area (Å²) in [6.07, 6.45) is 1.33. The molecule has 0 fully saturated rings. The van der Waals surface area contributed by atoms with Crippen LogP contribution >= 0.6 is 0 Å². The zero-order chi connectivity index (χ0) is 9.56. The molecule has 0 heterocycles. The third-order valence-corrected chi connectivity index (χ3v) is 2.57. The number of hydrogen-bond donors (Lipinski definition) is 0. The predicted octanol–water partition coefficient (Wildman–Crippen LogP) is 0.0372. The van der Waals surface area contributed by atoms with Crippen molar-refractivity contribution in [3.8, 4) is 0 Å². The second kappa shape index (κ2) is 5.96. The molecule has 0 aromatic heterocycles. The van der Waals surface area contributed by atoms with Crippen LogP contribution in [0.4, 0.5) is 0 Å². The summed E-state index contributed by atoms with van der Waals surface area (Å²) in [6.45, 7) is 7.66. The summed E-state index contributed by atoms with van der Waals surface area (Å²) in [5.41, 5.74) is 0. The summed E-state index contributed by atoms with van der Waals surface area (Å²) in [6, 6.07) is 0. The average molecular weight is 188 g/mol. The lowest BCUT2D eigenvalue weighted by Gasteiger charge is -2.18. The van der Waals surface area contributed by atoms with Crippen LogP contribution in [0.5, 0.6) is 0 Å². The highest BCUT2D eigenvalue weighted by Gasteiger charge is 2.11. The van der Waals surface area contributed by atoms with Gasteiger partial charge >= 0.3 is 5.97 Å². The van der Waals surface area contributed by atoms with Gasteiger partial charge in [0.05, 0.1) is 6.61 Å². The molecule has 12 heavy (non-hydrogen) atoms. The summed E-state index contributed by atoms with van der Waals surface area (Å²) in [5.74, 6) is -0.131. The molecule has 0 aromatic rings. The van der Waals surface area contributed by atoms with E-state index >= 15 is 0 Å². The van der Waals surface area contributed by atoms with Gasteiger partial charge in [-0.15, -0.1) is 0 Å². The fourth-order valence-electron chi connectivity index (χ4n) is 0.640. The Morgan fingerprint density at radius 3 is 2.67 bits per heavy atom. The fourth-order valence-corrected chi connectivity index (χ4v) is 1.10. The third kappa shape index (κ3) is 4.30. The average Bonchev–Trinajstić information content (AvgIpc) is 2.11. The van der Waals surface area contributed by atoms with Crippen LogP contribution in [0, 0.1) is 5.92 Å². The number of carbonyl (C=O) groups is 1. The van der Waals surface area contributed by atoms with E-state index in [2.05, 4.69) is 6.58 Å². The highest BCUT2D eigenvalue weighted by molar-refractivity contribution is 5.98. The Balaban J connectivity index is 3.62. The molecular weight excluding hydrogens is 172 g/mol. The predicted molar refractivity (Wildman–Crippen MR) is 50.8 cm³/mol. The first kappa shape index (κ1) is 11.4. The lowest BCUT2D eigenvalue weighted by atomic mass is 10.1. The van der Waals surface area contributed by atoms with Crippen LogP contribution in [0.2, 0.25) is 0 Å². The van der Waals surface area contributed by atoms with Crippen LogP contribution in [0.1, 0.15) is 13.8 Å². The number of hydrogen-bond acceptors (Lipinski definition) is 3. The van der Waals surface area contributed by atoms with E-state index in [1.54, 1.807) is 0 Å². The highest BCUT2D eigenvalue weighted by Crippen LogP contribution is 2.05. The molecule has 0 saturated heterocycles. The maximum absolute atomic E-state index is 10.7. The van der Waals surface area contributed by atoms with Crippen molar-refractivity contribution in [2.75, 3.05) is 6.61 Å². The van der Waals surface area contributed by atoms with E-state index in [0.717, 1.165) is 0 Å². The molecule has 0 spiro atoms. The molecule has 3 nitrogen and oxygen atoms in total. The summed E-state index contributed by atoms with van der Waals surface area (Å²) in [4.78, 5) is 10.7. The van der Waals surface area contributed by atoms with Crippen molar-refractivity contribution in [1.82, 2.24) is 0 Å². The minimum atomic E-state index is -0.373. The first-order chi connectivity index (χ1) is 5.61. The number of esters is 1. The monoisotopic (exact) mass is 188 g/mol. The summed E-state index contributed by atoms with van der Waals surface area (Å²) in [5, 5.41) is 0. The van der Waals surface area contributed by atoms with E-state index in [1.807, 2.05) is 13.8 Å². The van der Waals surface area contributed by atoms with Gasteiger partial charge in [0, 0.05) is 18.1 Å². The first-order valence-electron chi connectivity index (χ1n) is 3.93. The Labute approximate surface area is 76.3 Å². The lowest BCUT2D eigenvalue weighted by Crippen LogP contribution is -2.22. The zero-order valence-electron chi connectivity index (χ0n) is 7.87. The van der Waals surface area contributed by atoms with Gasteiger partial charge in [-0.1, -0.05) is 13.5 Å². The fraction of sp³-hybridized carbons (Fsp3) is 0.625. The highest BCUT2D eigenvalue weighted by atomic mass is 28.2. The summed E-state index contributed by atoms with van der Waals surface area (Å²) >= 11 is 0. The number of rotatable bonds is 5.